The van der Waals surface area contributed by atoms with E-state index in [9.17, 15) is 4.79 Å². The quantitative estimate of drug-likeness (QED) is 0.800. The molecule has 0 unspecified atom stereocenters. The molecule has 0 aromatic heterocycles. The average molecular weight is 259 g/mol. The first-order valence-corrected chi connectivity index (χ1v) is 6.36. The van der Waals surface area contributed by atoms with Crippen molar-refractivity contribution in [2.75, 3.05) is 6.61 Å². The molecule has 2 N–H and O–H groups in total. The number of benzene rings is 1. The smallest absolute Gasteiger partial charge is 0.252 e. The maximum atomic E-state index is 12.2. The van der Waals surface area contributed by atoms with Crippen LogP contribution in [0, 0.1) is 18.8 Å². The maximum absolute atomic E-state index is 12.2. The largest absolute Gasteiger partial charge is 0.395 e. The number of hydrogen-bond acceptors (Lipinski definition) is 2. The van der Waals surface area contributed by atoms with Gasteiger partial charge in [-0.2, -0.15) is 0 Å². The molecule has 0 saturated carbocycles. The number of aliphatic hydroxyl groups is 1. The lowest BCUT2D eigenvalue weighted by Crippen LogP contribution is -2.40. The molecule has 0 heterocycles. The second-order valence-corrected chi connectivity index (χ2v) is 5.53. The van der Waals surface area contributed by atoms with Crippen molar-refractivity contribution in [3.63, 3.8) is 0 Å². The standard InChI is InChI=1S/C16H21NO2/c1-12-8-9-13(7-5-6-10-18)14(11-12)15(19)17-16(2,3)4/h8-9,11,18H,6,10H2,1-4H3,(H,17,19). The number of rotatable bonds is 2. The maximum Gasteiger partial charge on any atom is 0.252 e. The van der Waals surface area contributed by atoms with Gasteiger partial charge >= 0.3 is 0 Å². The zero-order chi connectivity index (χ0) is 14.5. The van der Waals surface area contributed by atoms with Gasteiger partial charge in [-0.15, -0.1) is 0 Å². The van der Waals surface area contributed by atoms with E-state index in [1.807, 2.05) is 45.9 Å². The Hall–Kier alpha value is -1.79. The monoisotopic (exact) mass is 259 g/mol. The third-order valence-electron chi connectivity index (χ3n) is 2.37. The van der Waals surface area contributed by atoms with Gasteiger partial charge in [0.05, 0.1) is 12.2 Å². The third kappa shape index (κ3) is 5.15. The van der Waals surface area contributed by atoms with E-state index in [0.29, 0.717) is 17.5 Å². The van der Waals surface area contributed by atoms with Gasteiger partial charge in [0.15, 0.2) is 0 Å². The fourth-order valence-electron chi connectivity index (χ4n) is 1.58. The summed E-state index contributed by atoms with van der Waals surface area (Å²) in [5.41, 5.74) is 2.02. The van der Waals surface area contributed by atoms with Crippen LogP contribution in [0.4, 0.5) is 0 Å². The molecule has 1 amide bonds. The molecule has 0 spiro atoms. The fourth-order valence-corrected chi connectivity index (χ4v) is 1.58. The van der Waals surface area contributed by atoms with Crippen molar-refractivity contribution in [3.8, 4) is 11.8 Å². The lowest BCUT2D eigenvalue weighted by Gasteiger charge is -2.21. The molecular weight excluding hydrogens is 238 g/mol. The molecule has 0 aliphatic heterocycles. The van der Waals surface area contributed by atoms with Gasteiger partial charge in [0, 0.05) is 17.5 Å². The molecule has 3 nitrogen and oxygen atoms in total. The van der Waals surface area contributed by atoms with Gasteiger partial charge in [0.1, 0.15) is 0 Å². The first-order valence-electron chi connectivity index (χ1n) is 6.36. The molecule has 1 aromatic carbocycles. The molecule has 0 atom stereocenters. The number of carbonyl (C=O) groups is 1. The van der Waals surface area contributed by atoms with E-state index in [0.717, 1.165) is 5.56 Å². The number of aliphatic hydroxyl groups excluding tert-OH is 1. The molecule has 1 rings (SSSR count). The normalized spacial score (nSPS) is 10.6. The second-order valence-electron chi connectivity index (χ2n) is 5.53. The van der Waals surface area contributed by atoms with Crippen LogP contribution in [0.3, 0.4) is 0 Å². The zero-order valence-corrected chi connectivity index (χ0v) is 12.0. The molecule has 1 aromatic rings. The van der Waals surface area contributed by atoms with Gasteiger partial charge in [-0.25, -0.2) is 0 Å². The topological polar surface area (TPSA) is 49.3 Å². The Kier molecular flexibility index (Phi) is 5.14. The van der Waals surface area contributed by atoms with Crippen molar-refractivity contribution >= 4 is 5.91 Å². The highest BCUT2D eigenvalue weighted by Crippen LogP contribution is 2.12. The van der Waals surface area contributed by atoms with Crippen LogP contribution in [0.2, 0.25) is 0 Å². The van der Waals surface area contributed by atoms with Crippen molar-refractivity contribution < 1.29 is 9.90 Å². The summed E-state index contributed by atoms with van der Waals surface area (Å²) in [4.78, 5) is 12.2. The summed E-state index contributed by atoms with van der Waals surface area (Å²) in [5.74, 6) is 5.67. The molecule has 19 heavy (non-hydrogen) atoms. The summed E-state index contributed by atoms with van der Waals surface area (Å²) in [7, 11) is 0. The highest BCUT2D eigenvalue weighted by Gasteiger charge is 2.17. The van der Waals surface area contributed by atoms with Gasteiger partial charge in [0.25, 0.3) is 5.91 Å². The van der Waals surface area contributed by atoms with E-state index in [1.54, 1.807) is 0 Å². The Morgan fingerprint density at radius 3 is 2.63 bits per heavy atom. The molecule has 0 fully saturated rings. The second kappa shape index (κ2) is 6.40. The number of aryl methyl sites for hydroxylation is 1. The molecule has 0 aliphatic rings. The van der Waals surface area contributed by atoms with E-state index in [-0.39, 0.29) is 18.1 Å². The predicted octanol–water partition coefficient (Wildman–Crippen LogP) is 2.26. The van der Waals surface area contributed by atoms with E-state index in [2.05, 4.69) is 17.2 Å². The van der Waals surface area contributed by atoms with Crippen molar-refractivity contribution in [3.05, 3.63) is 34.9 Å². The van der Waals surface area contributed by atoms with E-state index in [4.69, 9.17) is 5.11 Å². The highest BCUT2D eigenvalue weighted by atomic mass is 16.2. The number of nitrogens with one attached hydrogen (secondary N) is 1. The Morgan fingerprint density at radius 2 is 2.05 bits per heavy atom. The van der Waals surface area contributed by atoms with Gasteiger partial charge in [0.2, 0.25) is 0 Å². The van der Waals surface area contributed by atoms with Crippen LogP contribution < -0.4 is 5.32 Å². The summed E-state index contributed by atoms with van der Waals surface area (Å²) in [5, 5.41) is 11.7. The molecule has 3 heteroatoms. The van der Waals surface area contributed by atoms with Gasteiger partial charge in [-0.05, 0) is 39.8 Å². The van der Waals surface area contributed by atoms with Crippen LogP contribution in [-0.4, -0.2) is 23.2 Å². The van der Waals surface area contributed by atoms with Crippen LogP contribution in [0.1, 0.15) is 48.7 Å². The Balaban J connectivity index is 3.08. The lowest BCUT2D eigenvalue weighted by molar-refractivity contribution is 0.0919. The molecule has 0 radical (unpaired) electrons. The summed E-state index contributed by atoms with van der Waals surface area (Å²) < 4.78 is 0. The van der Waals surface area contributed by atoms with Crippen LogP contribution in [0.5, 0.6) is 0 Å². The SMILES string of the molecule is Cc1ccc(C#CCCO)c(C(=O)NC(C)(C)C)c1. The number of amides is 1. The minimum absolute atomic E-state index is 0.0301. The Bertz CT molecular complexity index is 516. The minimum atomic E-state index is -0.281. The Morgan fingerprint density at radius 1 is 1.37 bits per heavy atom. The highest BCUT2D eigenvalue weighted by molar-refractivity contribution is 5.97. The third-order valence-corrected chi connectivity index (χ3v) is 2.37. The first-order chi connectivity index (χ1) is 8.83. The molecule has 0 aliphatic carbocycles. The molecule has 0 bridgehead atoms. The van der Waals surface area contributed by atoms with Crippen molar-refractivity contribution in [2.24, 2.45) is 0 Å². The molecule has 102 valence electrons. The van der Waals surface area contributed by atoms with Crippen molar-refractivity contribution in [1.82, 2.24) is 5.32 Å². The Labute approximate surface area is 115 Å². The van der Waals surface area contributed by atoms with E-state index < -0.39 is 0 Å². The van der Waals surface area contributed by atoms with E-state index >= 15 is 0 Å². The van der Waals surface area contributed by atoms with Gasteiger partial charge < -0.3 is 10.4 Å². The lowest BCUT2D eigenvalue weighted by atomic mass is 10.0. The molecular formula is C16H21NO2. The zero-order valence-electron chi connectivity index (χ0n) is 12.0. The summed E-state index contributed by atoms with van der Waals surface area (Å²) >= 11 is 0. The molecule has 0 saturated heterocycles. The summed E-state index contributed by atoms with van der Waals surface area (Å²) in [6.45, 7) is 7.80. The van der Waals surface area contributed by atoms with Crippen molar-refractivity contribution in [1.29, 1.82) is 0 Å². The predicted molar refractivity (Wildman–Crippen MR) is 77.0 cm³/mol. The first kappa shape index (κ1) is 15.3. The van der Waals surface area contributed by atoms with Crippen LogP contribution in [0.15, 0.2) is 18.2 Å². The van der Waals surface area contributed by atoms with Crippen LogP contribution in [-0.2, 0) is 0 Å². The van der Waals surface area contributed by atoms with Crippen LogP contribution >= 0.6 is 0 Å². The fraction of sp³-hybridized carbons (Fsp3) is 0.438. The number of hydrogen-bond donors (Lipinski definition) is 2. The van der Waals surface area contributed by atoms with E-state index in [1.165, 1.54) is 0 Å². The number of carbonyl (C=O) groups excluding carboxylic acids is 1. The average Bonchev–Trinajstić information content (AvgIpc) is 2.29. The van der Waals surface area contributed by atoms with Gasteiger partial charge in [-0.3, -0.25) is 4.79 Å². The van der Waals surface area contributed by atoms with Gasteiger partial charge in [-0.1, -0.05) is 23.5 Å². The van der Waals surface area contributed by atoms with Crippen molar-refractivity contribution in [2.45, 2.75) is 39.7 Å². The van der Waals surface area contributed by atoms with Crippen LogP contribution in [0.25, 0.3) is 0 Å². The summed E-state index contributed by atoms with van der Waals surface area (Å²) in [6.07, 6.45) is 0.411. The summed E-state index contributed by atoms with van der Waals surface area (Å²) in [6, 6.07) is 5.61. The minimum Gasteiger partial charge on any atom is -0.395 e.